The smallest absolute Gasteiger partial charge is 0.410 e. The molecule has 3 amide bonds. The highest BCUT2D eigenvalue weighted by molar-refractivity contribution is 8.03. The van der Waals surface area contributed by atoms with Gasteiger partial charge in [-0.2, -0.15) is 0 Å². The molecule has 4 aliphatic heterocycles. The Morgan fingerprint density at radius 1 is 0.927 bits per heavy atom. The van der Waals surface area contributed by atoms with Crippen LogP contribution in [0, 0.1) is 32.1 Å². The molecule has 55 heavy (non-hydrogen) atoms. The normalized spacial score (nSPS) is 24.3. The number of fused-ring (bicyclic) bond motifs is 1. The molecule has 19 heteroatoms. The van der Waals surface area contributed by atoms with E-state index in [2.05, 4.69) is 0 Å². The van der Waals surface area contributed by atoms with Gasteiger partial charge in [0.2, 0.25) is 11.8 Å². The number of β-amino-alcohol motifs (C(OH)–C–C–N with tert-alkyl or cyclic N) is 1. The van der Waals surface area contributed by atoms with Crippen LogP contribution < -0.4 is 0 Å². The number of benzene rings is 2. The van der Waals surface area contributed by atoms with Crippen LogP contribution in [0.2, 0.25) is 0 Å². The largest absolute Gasteiger partial charge is 0.456 e. The third kappa shape index (κ3) is 8.29. The van der Waals surface area contributed by atoms with Crippen molar-refractivity contribution in [3.05, 3.63) is 90.5 Å². The van der Waals surface area contributed by atoms with Crippen LogP contribution in [0.1, 0.15) is 31.4 Å². The number of hydrogen-bond acceptors (Lipinski definition) is 14. The SMILES string of the molecule is CC(O)[C@H]1C(=O)N2C(C(=O)OCc3ccc([N+](=O)[O-])cc3)=C(S[C@H]3C[C@@H](C(=O)N4CCN(CCO)CC4)N(C(=O)OCc4ccc([N+](=O)[O-])cc4)C3)[C@H](C)[C@H]12. The number of esters is 1. The van der Waals surface area contributed by atoms with E-state index in [0.29, 0.717) is 48.8 Å². The molecule has 6 rings (SSSR count). The van der Waals surface area contributed by atoms with Crippen LogP contribution in [0.25, 0.3) is 0 Å². The number of nitro benzene ring substituents is 2. The zero-order valence-corrected chi connectivity index (χ0v) is 31.0. The Hall–Kier alpha value is -5.11. The molecule has 3 saturated heterocycles. The molecule has 18 nitrogen and oxygen atoms in total. The molecule has 0 aromatic heterocycles. The fraction of sp³-hybridized carbons (Fsp3) is 0.500. The first-order chi connectivity index (χ1) is 26.3. The lowest BCUT2D eigenvalue weighted by molar-refractivity contribution is -0.385. The van der Waals surface area contributed by atoms with E-state index in [1.807, 2.05) is 11.8 Å². The Balaban J connectivity index is 1.22. The monoisotopic (exact) mass is 782 g/mol. The van der Waals surface area contributed by atoms with Crippen LogP contribution in [0.4, 0.5) is 16.2 Å². The number of aliphatic hydroxyl groups is 2. The van der Waals surface area contributed by atoms with E-state index in [-0.39, 0.29) is 55.8 Å². The molecule has 6 atom stereocenters. The topological polar surface area (TPSA) is 226 Å². The summed E-state index contributed by atoms with van der Waals surface area (Å²) in [6, 6.07) is 9.63. The Morgan fingerprint density at radius 3 is 2.02 bits per heavy atom. The molecular weight excluding hydrogens is 740 g/mol. The average molecular weight is 783 g/mol. The second-order valence-electron chi connectivity index (χ2n) is 14.0. The Labute approximate surface area is 319 Å². The van der Waals surface area contributed by atoms with Crippen LogP contribution in [0.5, 0.6) is 0 Å². The van der Waals surface area contributed by atoms with Gasteiger partial charge in [-0.15, -0.1) is 11.8 Å². The summed E-state index contributed by atoms with van der Waals surface area (Å²) < 4.78 is 11.2. The van der Waals surface area contributed by atoms with Crippen molar-refractivity contribution in [3.8, 4) is 0 Å². The van der Waals surface area contributed by atoms with Gasteiger partial charge in [0, 0.05) is 79.6 Å². The number of thioether (sulfide) groups is 1. The van der Waals surface area contributed by atoms with Crippen LogP contribution in [-0.2, 0) is 37.1 Å². The van der Waals surface area contributed by atoms with Gasteiger partial charge in [-0.3, -0.25) is 39.6 Å². The second kappa shape index (κ2) is 16.7. The third-order valence-corrected chi connectivity index (χ3v) is 12.0. The summed E-state index contributed by atoms with van der Waals surface area (Å²) in [5.41, 5.74) is 0.783. The van der Waals surface area contributed by atoms with Crippen molar-refractivity contribution < 1.29 is 48.7 Å². The molecule has 2 aromatic rings. The van der Waals surface area contributed by atoms with Gasteiger partial charge in [0.05, 0.1) is 34.5 Å². The molecule has 294 valence electrons. The molecule has 2 aromatic carbocycles. The number of carbonyl (C=O) groups is 4. The Morgan fingerprint density at radius 2 is 1.49 bits per heavy atom. The molecule has 2 N–H and O–H groups in total. The van der Waals surface area contributed by atoms with Gasteiger partial charge >= 0.3 is 12.1 Å². The molecule has 4 heterocycles. The number of piperazine rings is 1. The summed E-state index contributed by atoms with van der Waals surface area (Å²) >= 11 is 1.27. The van der Waals surface area contributed by atoms with Gasteiger partial charge in [-0.1, -0.05) is 6.92 Å². The zero-order chi connectivity index (χ0) is 39.6. The summed E-state index contributed by atoms with van der Waals surface area (Å²) in [7, 11) is 0. The molecule has 0 bridgehead atoms. The number of hydrogen-bond donors (Lipinski definition) is 2. The average Bonchev–Trinajstić information content (AvgIpc) is 3.70. The number of nitro groups is 2. The molecule has 1 unspecified atom stereocenters. The van der Waals surface area contributed by atoms with Crippen molar-refractivity contribution in [3.63, 3.8) is 0 Å². The summed E-state index contributed by atoms with van der Waals surface area (Å²) in [5, 5.41) is 41.5. The van der Waals surface area contributed by atoms with E-state index in [9.17, 15) is 49.6 Å². The fourth-order valence-electron chi connectivity index (χ4n) is 7.58. The lowest BCUT2D eigenvalue weighted by atomic mass is 9.79. The fourth-order valence-corrected chi connectivity index (χ4v) is 9.10. The maximum atomic E-state index is 14.1. The van der Waals surface area contributed by atoms with Crippen LogP contribution in [0.3, 0.4) is 0 Å². The molecule has 0 spiro atoms. The lowest BCUT2D eigenvalue weighted by Crippen LogP contribution is -2.63. The summed E-state index contributed by atoms with van der Waals surface area (Å²) in [6.45, 7) is 5.36. The summed E-state index contributed by atoms with van der Waals surface area (Å²) in [4.78, 5) is 82.9. The first kappa shape index (κ1) is 39.6. The molecule has 0 aliphatic carbocycles. The quantitative estimate of drug-likeness (QED) is 0.129. The lowest BCUT2D eigenvalue weighted by Gasteiger charge is -2.46. The first-order valence-electron chi connectivity index (χ1n) is 17.9. The van der Waals surface area contributed by atoms with Crippen molar-refractivity contribution >= 4 is 47.0 Å². The van der Waals surface area contributed by atoms with E-state index in [0.717, 1.165) is 0 Å². The first-order valence-corrected chi connectivity index (χ1v) is 18.8. The van der Waals surface area contributed by atoms with E-state index in [4.69, 9.17) is 9.47 Å². The van der Waals surface area contributed by atoms with Gasteiger partial charge < -0.3 is 29.5 Å². The summed E-state index contributed by atoms with van der Waals surface area (Å²) in [5.74, 6) is -2.65. The minimum Gasteiger partial charge on any atom is -0.456 e. The number of β-lactam (4-membered cyclic amide) rings is 1. The maximum Gasteiger partial charge on any atom is 0.410 e. The number of nitrogens with zero attached hydrogens (tertiary/aromatic N) is 6. The van der Waals surface area contributed by atoms with E-state index < -0.39 is 63.1 Å². The standard InChI is InChI=1S/C36H42N6O12S/c1-21-30-29(22(2)44)34(46)40(30)31(35(47)53-19-23-3-7-25(8-4-23)41(49)50)32(21)55-27-17-28(33(45)38-13-11-37(12-14-38)15-16-43)39(18-27)36(48)54-20-24-5-9-26(10-6-24)42(51)52/h3-10,21-22,27-30,43-44H,11-20H2,1-2H3/t21-,22?,27+,28+,29-,30-/m1/s1. The van der Waals surface area contributed by atoms with Crippen LogP contribution >= 0.6 is 11.8 Å². The van der Waals surface area contributed by atoms with Crippen molar-refractivity contribution in [1.82, 2.24) is 19.6 Å². The number of aliphatic hydroxyl groups excluding tert-OH is 2. The zero-order valence-electron chi connectivity index (χ0n) is 30.2. The van der Waals surface area contributed by atoms with Gasteiger partial charge in [0.15, 0.2) is 0 Å². The van der Waals surface area contributed by atoms with Crippen LogP contribution in [-0.4, -0.2) is 133 Å². The molecule has 0 saturated carbocycles. The van der Waals surface area contributed by atoms with Gasteiger partial charge in [0.25, 0.3) is 11.4 Å². The van der Waals surface area contributed by atoms with Gasteiger partial charge in [0.1, 0.15) is 25.0 Å². The Kier molecular flexibility index (Phi) is 12.0. The van der Waals surface area contributed by atoms with E-state index in [1.165, 1.54) is 77.0 Å². The summed E-state index contributed by atoms with van der Waals surface area (Å²) in [6.07, 6.45) is -1.54. The number of non-ortho nitro benzene ring substituents is 2. The highest BCUT2D eigenvalue weighted by Crippen LogP contribution is 2.52. The predicted octanol–water partition coefficient (Wildman–Crippen LogP) is 2.26. The Bertz CT molecular complexity index is 1850. The number of ether oxygens (including phenoxy) is 2. The molecule has 0 radical (unpaired) electrons. The van der Waals surface area contributed by atoms with Crippen molar-refractivity contribution in [1.29, 1.82) is 0 Å². The van der Waals surface area contributed by atoms with E-state index in [1.54, 1.807) is 4.90 Å². The predicted molar refractivity (Wildman–Crippen MR) is 195 cm³/mol. The highest BCUT2D eigenvalue weighted by Gasteiger charge is 2.60. The minimum absolute atomic E-state index is 0.00739. The maximum absolute atomic E-state index is 14.1. The number of rotatable bonds is 13. The molecule has 3 fully saturated rings. The molecule has 4 aliphatic rings. The van der Waals surface area contributed by atoms with Crippen molar-refractivity contribution in [2.24, 2.45) is 11.8 Å². The number of likely N-dealkylation sites (tertiary alicyclic amines) is 1. The van der Waals surface area contributed by atoms with Crippen molar-refractivity contribution in [2.75, 3.05) is 45.9 Å². The minimum atomic E-state index is -0.981. The highest BCUT2D eigenvalue weighted by atomic mass is 32.2. The number of amides is 3. The third-order valence-electron chi connectivity index (χ3n) is 10.5. The van der Waals surface area contributed by atoms with Crippen LogP contribution in [0.15, 0.2) is 59.1 Å². The number of carbonyl (C=O) groups excluding carboxylic acids is 4. The van der Waals surface area contributed by atoms with E-state index >= 15 is 0 Å². The van der Waals surface area contributed by atoms with Gasteiger partial charge in [-0.25, -0.2) is 9.59 Å². The molecular formula is C36H42N6O12S. The second-order valence-corrected chi connectivity index (χ2v) is 15.3. The van der Waals surface area contributed by atoms with Gasteiger partial charge in [-0.05, 0) is 48.7 Å². The van der Waals surface area contributed by atoms with Crippen molar-refractivity contribution in [2.45, 2.75) is 56.9 Å².